The van der Waals surface area contributed by atoms with Gasteiger partial charge in [0.2, 0.25) is 6.10 Å². The SMILES string of the molecule is COC(=O)[C@H](OS(C)(=O)=O)[C@H]1COC(C)(C)O1. The van der Waals surface area contributed by atoms with E-state index in [-0.39, 0.29) is 6.61 Å². The smallest absolute Gasteiger partial charge is 0.339 e. The Morgan fingerprint density at radius 2 is 2.06 bits per heavy atom. The maximum Gasteiger partial charge on any atom is 0.339 e. The van der Waals surface area contributed by atoms with Gasteiger partial charge in [0.05, 0.1) is 20.0 Å². The molecule has 100 valence electrons. The van der Waals surface area contributed by atoms with Crippen LogP contribution in [0.4, 0.5) is 0 Å². The lowest BCUT2D eigenvalue weighted by Crippen LogP contribution is -2.41. The lowest BCUT2D eigenvalue weighted by Gasteiger charge is -2.21. The van der Waals surface area contributed by atoms with E-state index in [2.05, 4.69) is 8.92 Å². The molecule has 0 aliphatic carbocycles. The molecule has 1 aliphatic rings. The van der Waals surface area contributed by atoms with Crippen molar-refractivity contribution < 1.29 is 31.6 Å². The molecule has 0 saturated carbocycles. The molecular weight excluding hydrogens is 252 g/mol. The molecule has 1 fully saturated rings. The molecule has 0 N–H and O–H groups in total. The molecule has 0 aromatic carbocycles. The number of rotatable bonds is 4. The van der Waals surface area contributed by atoms with Crippen molar-refractivity contribution in [3.8, 4) is 0 Å². The fourth-order valence-corrected chi connectivity index (χ4v) is 2.00. The van der Waals surface area contributed by atoms with Gasteiger partial charge >= 0.3 is 5.97 Å². The molecule has 1 rings (SSSR count). The first-order chi connectivity index (χ1) is 7.64. The van der Waals surface area contributed by atoms with Crippen LogP contribution >= 0.6 is 0 Å². The van der Waals surface area contributed by atoms with Crippen LogP contribution in [0.15, 0.2) is 0 Å². The normalized spacial score (nSPS) is 25.5. The second kappa shape index (κ2) is 4.89. The summed E-state index contributed by atoms with van der Waals surface area (Å²) in [6, 6.07) is 0. The molecule has 1 heterocycles. The van der Waals surface area contributed by atoms with Crippen LogP contribution in [-0.4, -0.2) is 52.4 Å². The van der Waals surface area contributed by atoms with Crippen LogP contribution in [0.2, 0.25) is 0 Å². The maximum atomic E-state index is 11.4. The summed E-state index contributed by atoms with van der Waals surface area (Å²) in [5.41, 5.74) is 0. The number of esters is 1. The zero-order chi connectivity index (χ0) is 13.3. The molecule has 1 aliphatic heterocycles. The van der Waals surface area contributed by atoms with Crippen molar-refractivity contribution in [2.75, 3.05) is 20.0 Å². The molecule has 0 unspecified atom stereocenters. The van der Waals surface area contributed by atoms with Gasteiger partial charge in [-0.2, -0.15) is 8.42 Å². The second-order valence-electron chi connectivity index (χ2n) is 4.11. The van der Waals surface area contributed by atoms with Crippen LogP contribution in [-0.2, 0) is 33.3 Å². The largest absolute Gasteiger partial charge is 0.467 e. The highest BCUT2D eigenvalue weighted by Gasteiger charge is 2.43. The van der Waals surface area contributed by atoms with Gasteiger partial charge in [0, 0.05) is 0 Å². The number of carbonyl (C=O) groups excluding carboxylic acids is 1. The fourth-order valence-electron chi connectivity index (χ4n) is 1.42. The molecule has 2 atom stereocenters. The Balaban J connectivity index is 2.81. The summed E-state index contributed by atoms with van der Waals surface area (Å²) in [5.74, 6) is -1.70. The minimum absolute atomic E-state index is 0.0578. The van der Waals surface area contributed by atoms with Gasteiger partial charge in [-0.1, -0.05) is 0 Å². The zero-order valence-corrected chi connectivity index (χ0v) is 10.9. The van der Waals surface area contributed by atoms with Gasteiger partial charge in [0.15, 0.2) is 5.79 Å². The van der Waals surface area contributed by atoms with E-state index in [9.17, 15) is 13.2 Å². The average molecular weight is 268 g/mol. The Hall–Kier alpha value is -0.700. The average Bonchev–Trinajstić information content (AvgIpc) is 2.52. The van der Waals surface area contributed by atoms with Crippen LogP contribution in [0, 0.1) is 0 Å². The fraction of sp³-hybridized carbons (Fsp3) is 0.889. The second-order valence-corrected chi connectivity index (χ2v) is 5.71. The monoisotopic (exact) mass is 268 g/mol. The van der Waals surface area contributed by atoms with Gasteiger partial charge in [-0.3, -0.25) is 4.18 Å². The Kier molecular flexibility index (Phi) is 4.13. The molecule has 8 heteroatoms. The van der Waals surface area contributed by atoms with E-state index < -0.39 is 34.1 Å². The highest BCUT2D eigenvalue weighted by atomic mass is 32.2. The third-order valence-electron chi connectivity index (χ3n) is 2.08. The lowest BCUT2D eigenvalue weighted by molar-refractivity contribution is -0.167. The molecule has 0 spiro atoms. The van der Waals surface area contributed by atoms with Crippen LogP contribution in [0.5, 0.6) is 0 Å². The summed E-state index contributed by atoms with van der Waals surface area (Å²) < 4.78 is 41.8. The topological polar surface area (TPSA) is 88.1 Å². The summed E-state index contributed by atoms with van der Waals surface area (Å²) in [5, 5.41) is 0. The van der Waals surface area contributed by atoms with E-state index in [4.69, 9.17) is 9.47 Å². The molecule has 17 heavy (non-hydrogen) atoms. The van der Waals surface area contributed by atoms with Crippen molar-refractivity contribution in [1.29, 1.82) is 0 Å². The van der Waals surface area contributed by atoms with Crippen LogP contribution in [0.25, 0.3) is 0 Å². The van der Waals surface area contributed by atoms with Gasteiger partial charge in [-0.15, -0.1) is 0 Å². The standard InChI is InChI=1S/C9H16O7S/c1-9(2)14-5-6(15-9)7(8(10)13-3)16-17(4,11)12/h6-7H,5H2,1-4H3/t6-,7-/m1/s1. The van der Waals surface area contributed by atoms with Crippen molar-refractivity contribution in [2.24, 2.45) is 0 Å². The highest BCUT2D eigenvalue weighted by Crippen LogP contribution is 2.26. The van der Waals surface area contributed by atoms with E-state index >= 15 is 0 Å². The molecule has 0 amide bonds. The van der Waals surface area contributed by atoms with E-state index in [1.165, 1.54) is 0 Å². The Labute approximate surface area is 100 Å². The Bertz CT molecular complexity index is 386. The first kappa shape index (κ1) is 14.4. The summed E-state index contributed by atoms with van der Waals surface area (Å²) in [6.07, 6.45) is -1.31. The molecule has 0 aromatic rings. The summed E-state index contributed by atoms with van der Waals surface area (Å²) in [7, 11) is -2.65. The van der Waals surface area contributed by atoms with Crippen LogP contribution < -0.4 is 0 Å². The Morgan fingerprint density at radius 1 is 1.47 bits per heavy atom. The number of ether oxygens (including phenoxy) is 3. The molecule has 0 aromatic heterocycles. The minimum Gasteiger partial charge on any atom is -0.467 e. The van der Waals surface area contributed by atoms with E-state index in [0.29, 0.717) is 0 Å². The van der Waals surface area contributed by atoms with Crippen LogP contribution in [0.3, 0.4) is 0 Å². The number of hydrogen-bond acceptors (Lipinski definition) is 7. The maximum absolute atomic E-state index is 11.4. The quantitative estimate of drug-likeness (QED) is 0.509. The first-order valence-corrected chi connectivity index (χ1v) is 6.74. The van der Waals surface area contributed by atoms with Gasteiger partial charge in [0.1, 0.15) is 6.10 Å². The van der Waals surface area contributed by atoms with E-state index in [1.807, 2.05) is 0 Å². The van der Waals surface area contributed by atoms with E-state index in [0.717, 1.165) is 13.4 Å². The number of hydrogen-bond donors (Lipinski definition) is 0. The van der Waals surface area contributed by atoms with Gasteiger partial charge < -0.3 is 14.2 Å². The highest BCUT2D eigenvalue weighted by molar-refractivity contribution is 7.86. The van der Waals surface area contributed by atoms with Crippen molar-refractivity contribution in [2.45, 2.75) is 31.8 Å². The molecule has 0 radical (unpaired) electrons. The molecular formula is C9H16O7S. The zero-order valence-electron chi connectivity index (χ0n) is 10.1. The van der Waals surface area contributed by atoms with Crippen molar-refractivity contribution in [3.63, 3.8) is 0 Å². The number of methoxy groups -OCH3 is 1. The molecule has 1 saturated heterocycles. The van der Waals surface area contributed by atoms with Crippen molar-refractivity contribution >= 4 is 16.1 Å². The predicted molar refractivity (Wildman–Crippen MR) is 56.6 cm³/mol. The van der Waals surface area contributed by atoms with Gasteiger partial charge in [0.25, 0.3) is 10.1 Å². The van der Waals surface area contributed by atoms with E-state index in [1.54, 1.807) is 13.8 Å². The van der Waals surface area contributed by atoms with Crippen LogP contribution in [0.1, 0.15) is 13.8 Å². The summed E-state index contributed by atoms with van der Waals surface area (Å²) >= 11 is 0. The van der Waals surface area contributed by atoms with Crippen molar-refractivity contribution in [3.05, 3.63) is 0 Å². The third kappa shape index (κ3) is 4.23. The van der Waals surface area contributed by atoms with Crippen molar-refractivity contribution in [1.82, 2.24) is 0 Å². The Morgan fingerprint density at radius 3 is 2.41 bits per heavy atom. The summed E-state index contributed by atoms with van der Waals surface area (Å²) in [4.78, 5) is 11.4. The predicted octanol–water partition coefficient (Wildman–Crippen LogP) is -0.344. The summed E-state index contributed by atoms with van der Waals surface area (Å²) in [6.45, 7) is 3.37. The number of carbonyl (C=O) groups is 1. The first-order valence-electron chi connectivity index (χ1n) is 4.92. The third-order valence-corrected chi connectivity index (χ3v) is 2.64. The molecule has 7 nitrogen and oxygen atoms in total. The van der Waals surface area contributed by atoms with Gasteiger partial charge in [-0.25, -0.2) is 4.79 Å². The lowest BCUT2D eigenvalue weighted by atomic mass is 10.2. The molecule has 0 bridgehead atoms. The minimum atomic E-state index is -3.79. The van der Waals surface area contributed by atoms with Gasteiger partial charge in [-0.05, 0) is 13.8 Å².